The number of pyridine rings is 1. The molecule has 1 aromatic carbocycles. The fraction of sp³-hybridized carbons (Fsp3) is 0.312. The standard InChI is InChI=1S/C16H19FN2O/c1-3-19(10-15-6-4-5-12(2)18-15)16-8-7-14(17)9-13(16)11-20/h4-9,20H,3,10-11H2,1-2H3. The van der Waals surface area contributed by atoms with Crippen LogP contribution in [0.1, 0.15) is 23.9 Å². The predicted octanol–water partition coefficient (Wildman–Crippen LogP) is 3.05. The Hall–Kier alpha value is -1.94. The second-order valence-corrected chi connectivity index (χ2v) is 4.72. The Kier molecular flexibility index (Phi) is 4.69. The normalized spacial score (nSPS) is 10.6. The minimum Gasteiger partial charge on any atom is -0.392 e. The molecule has 20 heavy (non-hydrogen) atoms. The molecule has 4 heteroatoms. The Morgan fingerprint density at radius 1 is 1.25 bits per heavy atom. The summed E-state index contributed by atoms with van der Waals surface area (Å²) in [7, 11) is 0. The first-order chi connectivity index (χ1) is 9.63. The molecule has 0 bridgehead atoms. The number of aliphatic hydroxyl groups excluding tert-OH is 1. The van der Waals surface area contributed by atoms with E-state index in [-0.39, 0.29) is 12.4 Å². The summed E-state index contributed by atoms with van der Waals surface area (Å²) in [5.74, 6) is -0.331. The number of nitrogens with zero attached hydrogens (tertiary/aromatic N) is 2. The van der Waals surface area contributed by atoms with Gasteiger partial charge in [-0.3, -0.25) is 4.98 Å². The van der Waals surface area contributed by atoms with E-state index in [2.05, 4.69) is 9.88 Å². The molecule has 0 radical (unpaired) electrons. The summed E-state index contributed by atoms with van der Waals surface area (Å²) < 4.78 is 13.2. The molecule has 0 saturated heterocycles. The van der Waals surface area contributed by atoms with Crippen molar-refractivity contribution in [2.45, 2.75) is 27.0 Å². The highest BCUT2D eigenvalue weighted by atomic mass is 19.1. The summed E-state index contributed by atoms with van der Waals surface area (Å²) in [6.45, 7) is 5.20. The van der Waals surface area contributed by atoms with Crippen molar-refractivity contribution in [2.75, 3.05) is 11.4 Å². The van der Waals surface area contributed by atoms with Gasteiger partial charge in [0.2, 0.25) is 0 Å². The van der Waals surface area contributed by atoms with Gasteiger partial charge in [-0.25, -0.2) is 4.39 Å². The average molecular weight is 274 g/mol. The monoisotopic (exact) mass is 274 g/mol. The fourth-order valence-corrected chi connectivity index (χ4v) is 2.24. The molecule has 2 rings (SSSR count). The Morgan fingerprint density at radius 2 is 2.05 bits per heavy atom. The quantitative estimate of drug-likeness (QED) is 0.910. The SMILES string of the molecule is CCN(Cc1cccc(C)n1)c1ccc(F)cc1CO. The van der Waals surface area contributed by atoms with Crippen LogP contribution in [0.5, 0.6) is 0 Å². The Balaban J connectivity index is 2.28. The van der Waals surface area contributed by atoms with E-state index in [0.717, 1.165) is 23.6 Å². The molecule has 1 aromatic heterocycles. The number of benzene rings is 1. The smallest absolute Gasteiger partial charge is 0.123 e. The second-order valence-electron chi connectivity index (χ2n) is 4.72. The average Bonchev–Trinajstić information content (AvgIpc) is 2.45. The Morgan fingerprint density at radius 3 is 2.70 bits per heavy atom. The lowest BCUT2D eigenvalue weighted by atomic mass is 10.1. The van der Waals surface area contributed by atoms with Crippen LogP contribution in [-0.2, 0) is 13.2 Å². The van der Waals surface area contributed by atoms with Crippen molar-refractivity contribution in [1.82, 2.24) is 4.98 Å². The Labute approximate surface area is 118 Å². The van der Waals surface area contributed by atoms with Gasteiger partial charge >= 0.3 is 0 Å². The number of halogens is 1. The topological polar surface area (TPSA) is 36.4 Å². The van der Waals surface area contributed by atoms with Gasteiger partial charge in [0.05, 0.1) is 18.8 Å². The molecular weight excluding hydrogens is 255 g/mol. The maximum Gasteiger partial charge on any atom is 0.123 e. The van der Waals surface area contributed by atoms with Gasteiger partial charge in [0.15, 0.2) is 0 Å². The molecule has 0 aliphatic heterocycles. The number of aromatic nitrogens is 1. The van der Waals surface area contributed by atoms with Crippen LogP contribution in [0, 0.1) is 12.7 Å². The van der Waals surface area contributed by atoms with Gasteiger partial charge in [-0.1, -0.05) is 6.07 Å². The first-order valence-corrected chi connectivity index (χ1v) is 6.70. The minimum atomic E-state index is -0.331. The summed E-state index contributed by atoms with van der Waals surface area (Å²) in [6, 6.07) is 10.4. The molecule has 0 aliphatic rings. The van der Waals surface area contributed by atoms with E-state index in [1.165, 1.54) is 12.1 Å². The summed E-state index contributed by atoms with van der Waals surface area (Å²) in [6.07, 6.45) is 0. The highest BCUT2D eigenvalue weighted by molar-refractivity contribution is 5.53. The van der Waals surface area contributed by atoms with E-state index in [4.69, 9.17) is 0 Å². The van der Waals surface area contributed by atoms with Crippen LogP contribution in [0.4, 0.5) is 10.1 Å². The van der Waals surface area contributed by atoms with Gasteiger partial charge in [0.25, 0.3) is 0 Å². The van der Waals surface area contributed by atoms with Crippen LogP contribution in [0.25, 0.3) is 0 Å². The molecule has 106 valence electrons. The van der Waals surface area contributed by atoms with Crippen LogP contribution in [0.15, 0.2) is 36.4 Å². The molecule has 0 aliphatic carbocycles. The molecule has 0 atom stereocenters. The second kappa shape index (κ2) is 6.48. The number of aryl methyl sites for hydroxylation is 1. The zero-order chi connectivity index (χ0) is 14.5. The van der Waals surface area contributed by atoms with E-state index in [1.807, 2.05) is 32.0 Å². The molecule has 0 saturated carbocycles. The van der Waals surface area contributed by atoms with Gasteiger partial charge in [-0.2, -0.15) is 0 Å². The largest absolute Gasteiger partial charge is 0.392 e. The van der Waals surface area contributed by atoms with E-state index in [1.54, 1.807) is 6.07 Å². The lowest BCUT2D eigenvalue weighted by molar-refractivity contribution is 0.281. The van der Waals surface area contributed by atoms with Crippen LogP contribution in [0.2, 0.25) is 0 Å². The first-order valence-electron chi connectivity index (χ1n) is 6.70. The van der Waals surface area contributed by atoms with E-state index in [0.29, 0.717) is 12.1 Å². The zero-order valence-electron chi connectivity index (χ0n) is 11.8. The number of anilines is 1. The van der Waals surface area contributed by atoms with Gasteiger partial charge < -0.3 is 10.0 Å². The van der Waals surface area contributed by atoms with Crippen molar-refractivity contribution < 1.29 is 9.50 Å². The van der Waals surface area contributed by atoms with E-state index in [9.17, 15) is 9.50 Å². The maximum absolute atomic E-state index is 13.2. The van der Waals surface area contributed by atoms with Gasteiger partial charge in [0.1, 0.15) is 5.82 Å². The third-order valence-electron chi connectivity index (χ3n) is 3.23. The molecule has 0 spiro atoms. The minimum absolute atomic E-state index is 0.176. The predicted molar refractivity (Wildman–Crippen MR) is 78.0 cm³/mol. The van der Waals surface area contributed by atoms with Crippen molar-refractivity contribution in [2.24, 2.45) is 0 Å². The van der Waals surface area contributed by atoms with Crippen LogP contribution >= 0.6 is 0 Å². The molecule has 2 aromatic rings. The molecule has 0 amide bonds. The van der Waals surface area contributed by atoms with Crippen molar-refractivity contribution in [1.29, 1.82) is 0 Å². The molecular formula is C16H19FN2O. The molecule has 0 fully saturated rings. The lowest BCUT2D eigenvalue weighted by Crippen LogP contribution is -2.24. The van der Waals surface area contributed by atoms with Crippen molar-refractivity contribution in [3.05, 3.63) is 59.2 Å². The number of rotatable bonds is 5. The lowest BCUT2D eigenvalue weighted by Gasteiger charge is -2.25. The zero-order valence-corrected chi connectivity index (χ0v) is 11.8. The number of aliphatic hydroxyl groups is 1. The van der Waals surface area contributed by atoms with Gasteiger partial charge in [-0.05, 0) is 44.2 Å². The third-order valence-corrected chi connectivity index (χ3v) is 3.23. The summed E-state index contributed by atoms with van der Waals surface area (Å²) in [5.41, 5.74) is 3.37. The Bertz CT molecular complexity index is 586. The first kappa shape index (κ1) is 14.5. The van der Waals surface area contributed by atoms with Gasteiger partial charge in [-0.15, -0.1) is 0 Å². The molecule has 3 nitrogen and oxygen atoms in total. The fourth-order valence-electron chi connectivity index (χ4n) is 2.24. The molecule has 0 unspecified atom stereocenters. The van der Waals surface area contributed by atoms with Crippen molar-refractivity contribution >= 4 is 5.69 Å². The van der Waals surface area contributed by atoms with Crippen LogP contribution < -0.4 is 4.90 Å². The summed E-state index contributed by atoms with van der Waals surface area (Å²) in [5, 5.41) is 9.39. The van der Waals surface area contributed by atoms with E-state index >= 15 is 0 Å². The summed E-state index contributed by atoms with van der Waals surface area (Å²) >= 11 is 0. The third kappa shape index (κ3) is 3.33. The van der Waals surface area contributed by atoms with E-state index < -0.39 is 0 Å². The van der Waals surface area contributed by atoms with Gasteiger partial charge in [0, 0.05) is 23.5 Å². The maximum atomic E-state index is 13.2. The molecule has 1 heterocycles. The summed E-state index contributed by atoms with van der Waals surface area (Å²) in [4.78, 5) is 6.56. The highest BCUT2D eigenvalue weighted by Gasteiger charge is 2.11. The van der Waals surface area contributed by atoms with Crippen LogP contribution in [0.3, 0.4) is 0 Å². The number of hydrogen-bond acceptors (Lipinski definition) is 3. The number of hydrogen-bond donors (Lipinski definition) is 1. The molecule has 1 N–H and O–H groups in total. The van der Waals surface area contributed by atoms with Crippen molar-refractivity contribution in [3.8, 4) is 0 Å². The van der Waals surface area contributed by atoms with Crippen molar-refractivity contribution in [3.63, 3.8) is 0 Å². The van der Waals surface area contributed by atoms with Crippen LogP contribution in [-0.4, -0.2) is 16.6 Å². The highest BCUT2D eigenvalue weighted by Crippen LogP contribution is 2.23.